The summed E-state index contributed by atoms with van der Waals surface area (Å²) in [7, 11) is 0. The Balaban J connectivity index is 4.22. The molecule has 0 aromatic rings. The standard InChI is InChI=1S/C7H16N2O2/c1-5(10)3-7(2,4-8)6(9)11/h5,10H,3-4,8H2,1-2H3,(H2,9,11). The van der Waals surface area contributed by atoms with E-state index in [1.807, 2.05) is 0 Å². The third-order valence-electron chi connectivity index (χ3n) is 1.79. The molecule has 0 bridgehead atoms. The van der Waals surface area contributed by atoms with Crippen molar-refractivity contribution in [2.45, 2.75) is 26.4 Å². The minimum Gasteiger partial charge on any atom is -0.393 e. The van der Waals surface area contributed by atoms with Gasteiger partial charge in [-0.2, -0.15) is 0 Å². The molecule has 0 radical (unpaired) electrons. The Kier molecular flexibility index (Phi) is 3.48. The van der Waals surface area contributed by atoms with E-state index in [1.54, 1.807) is 13.8 Å². The average Bonchev–Trinajstić information content (AvgIpc) is 1.86. The molecule has 1 amide bonds. The molecule has 66 valence electrons. The molecule has 0 aliphatic heterocycles. The molecule has 0 aromatic carbocycles. The molecular formula is C7H16N2O2. The maximum absolute atomic E-state index is 10.8. The van der Waals surface area contributed by atoms with Crippen LogP contribution in [0, 0.1) is 5.41 Å². The number of carbonyl (C=O) groups is 1. The smallest absolute Gasteiger partial charge is 0.224 e. The fourth-order valence-electron chi connectivity index (χ4n) is 0.937. The molecule has 0 saturated heterocycles. The van der Waals surface area contributed by atoms with Gasteiger partial charge in [0.05, 0.1) is 11.5 Å². The molecular weight excluding hydrogens is 144 g/mol. The molecule has 0 aliphatic carbocycles. The number of carbonyl (C=O) groups excluding carboxylic acids is 1. The van der Waals surface area contributed by atoms with E-state index < -0.39 is 17.4 Å². The fourth-order valence-corrected chi connectivity index (χ4v) is 0.937. The normalized spacial score (nSPS) is 18.9. The second-order valence-corrected chi connectivity index (χ2v) is 3.18. The summed E-state index contributed by atoms with van der Waals surface area (Å²) in [6.45, 7) is 3.44. The van der Waals surface area contributed by atoms with Crippen LogP contribution in [0.15, 0.2) is 0 Å². The topological polar surface area (TPSA) is 89.3 Å². The quantitative estimate of drug-likeness (QED) is 0.503. The van der Waals surface area contributed by atoms with E-state index in [4.69, 9.17) is 16.6 Å². The summed E-state index contributed by atoms with van der Waals surface area (Å²) >= 11 is 0. The maximum atomic E-state index is 10.8. The Labute approximate surface area is 66.6 Å². The minimum absolute atomic E-state index is 0.174. The zero-order chi connectivity index (χ0) is 9.07. The second-order valence-electron chi connectivity index (χ2n) is 3.18. The van der Waals surface area contributed by atoms with Crippen LogP contribution in [-0.2, 0) is 4.79 Å². The molecule has 11 heavy (non-hydrogen) atoms. The van der Waals surface area contributed by atoms with Gasteiger partial charge in [0.15, 0.2) is 0 Å². The van der Waals surface area contributed by atoms with Gasteiger partial charge in [0.1, 0.15) is 0 Å². The van der Waals surface area contributed by atoms with Crippen LogP contribution < -0.4 is 11.5 Å². The Morgan fingerprint density at radius 2 is 2.18 bits per heavy atom. The van der Waals surface area contributed by atoms with E-state index >= 15 is 0 Å². The van der Waals surface area contributed by atoms with Crippen molar-refractivity contribution in [2.24, 2.45) is 16.9 Å². The van der Waals surface area contributed by atoms with Gasteiger partial charge in [0, 0.05) is 6.54 Å². The molecule has 5 N–H and O–H groups in total. The van der Waals surface area contributed by atoms with Crippen LogP contribution >= 0.6 is 0 Å². The van der Waals surface area contributed by atoms with Gasteiger partial charge >= 0.3 is 0 Å². The van der Waals surface area contributed by atoms with Crippen LogP contribution in [0.4, 0.5) is 0 Å². The SMILES string of the molecule is CC(O)CC(C)(CN)C(N)=O. The molecule has 4 heteroatoms. The van der Waals surface area contributed by atoms with Gasteiger partial charge < -0.3 is 16.6 Å². The van der Waals surface area contributed by atoms with Crippen LogP contribution in [0.5, 0.6) is 0 Å². The largest absolute Gasteiger partial charge is 0.393 e. The summed E-state index contributed by atoms with van der Waals surface area (Å²) < 4.78 is 0. The third-order valence-corrected chi connectivity index (χ3v) is 1.79. The summed E-state index contributed by atoms with van der Waals surface area (Å²) in [5.41, 5.74) is 9.67. The first kappa shape index (κ1) is 10.4. The number of amides is 1. The highest BCUT2D eigenvalue weighted by molar-refractivity contribution is 5.80. The number of aliphatic hydroxyl groups is 1. The van der Waals surface area contributed by atoms with Crippen LogP contribution in [0.3, 0.4) is 0 Å². The summed E-state index contributed by atoms with van der Waals surface area (Å²) in [5.74, 6) is -0.457. The number of hydrogen-bond donors (Lipinski definition) is 3. The maximum Gasteiger partial charge on any atom is 0.224 e. The molecule has 2 atom stereocenters. The summed E-state index contributed by atoms with van der Waals surface area (Å²) in [5, 5.41) is 9.00. The van der Waals surface area contributed by atoms with Crippen molar-refractivity contribution in [3.63, 3.8) is 0 Å². The van der Waals surface area contributed by atoms with Gasteiger partial charge in [0.2, 0.25) is 5.91 Å². The molecule has 4 nitrogen and oxygen atoms in total. The first-order valence-electron chi connectivity index (χ1n) is 3.60. The lowest BCUT2D eigenvalue weighted by Gasteiger charge is -2.25. The molecule has 0 spiro atoms. The van der Waals surface area contributed by atoms with Crippen molar-refractivity contribution in [2.75, 3.05) is 6.54 Å². The van der Waals surface area contributed by atoms with Gasteiger partial charge in [-0.3, -0.25) is 4.79 Å². The highest BCUT2D eigenvalue weighted by Crippen LogP contribution is 2.20. The highest BCUT2D eigenvalue weighted by atomic mass is 16.3. The predicted molar refractivity (Wildman–Crippen MR) is 42.7 cm³/mol. The van der Waals surface area contributed by atoms with Gasteiger partial charge in [-0.15, -0.1) is 0 Å². The highest BCUT2D eigenvalue weighted by Gasteiger charge is 2.30. The lowest BCUT2D eigenvalue weighted by molar-refractivity contribution is -0.127. The van der Waals surface area contributed by atoms with E-state index in [9.17, 15) is 4.79 Å². The fraction of sp³-hybridized carbons (Fsp3) is 0.857. The average molecular weight is 160 g/mol. The zero-order valence-corrected chi connectivity index (χ0v) is 7.00. The molecule has 0 aromatic heterocycles. The molecule has 2 unspecified atom stereocenters. The van der Waals surface area contributed by atoms with Gasteiger partial charge in [-0.05, 0) is 20.3 Å². The lowest BCUT2D eigenvalue weighted by atomic mass is 9.84. The molecule has 0 saturated carbocycles. The van der Waals surface area contributed by atoms with Crippen LogP contribution in [-0.4, -0.2) is 23.7 Å². The van der Waals surface area contributed by atoms with Crippen molar-refractivity contribution in [1.29, 1.82) is 0 Å². The van der Waals surface area contributed by atoms with Gasteiger partial charge in [0.25, 0.3) is 0 Å². The predicted octanol–water partition coefficient (Wildman–Crippen LogP) is -0.792. The van der Waals surface area contributed by atoms with Crippen molar-refractivity contribution >= 4 is 5.91 Å². The van der Waals surface area contributed by atoms with Gasteiger partial charge in [-0.1, -0.05) is 0 Å². The summed E-state index contributed by atoms with van der Waals surface area (Å²) in [6, 6.07) is 0. The molecule has 0 rings (SSSR count). The van der Waals surface area contributed by atoms with E-state index in [1.165, 1.54) is 0 Å². The van der Waals surface area contributed by atoms with Crippen molar-refractivity contribution in [1.82, 2.24) is 0 Å². The van der Waals surface area contributed by atoms with Crippen LogP contribution in [0.2, 0.25) is 0 Å². The van der Waals surface area contributed by atoms with E-state index in [0.717, 1.165) is 0 Å². The van der Waals surface area contributed by atoms with Crippen molar-refractivity contribution in [3.8, 4) is 0 Å². The number of primary amides is 1. The molecule has 0 aliphatic rings. The number of aliphatic hydroxyl groups excluding tert-OH is 1. The number of nitrogens with two attached hydrogens (primary N) is 2. The van der Waals surface area contributed by atoms with Crippen LogP contribution in [0.1, 0.15) is 20.3 Å². The first-order valence-corrected chi connectivity index (χ1v) is 3.60. The van der Waals surface area contributed by atoms with Crippen LogP contribution in [0.25, 0.3) is 0 Å². The Morgan fingerprint density at radius 1 is 1.73 bits per heavy atom. The Bertz CT molecular complexity index is 147. The lowest BCUT2D eigenvalue weighted by Crippen LogP contribution is -2.42. The number of rotatable bonds is 4. The minimum atomic E-state index is -0.770. The number of hydrogen-bond acceptors (Lipinski definition) is 3. The first-order chi connectivity index (χ1) is 4.92. The molecule has 0 heterocycles. The van der Waals surface area contributed by atoms with Crippen molar-refractivity contribution < 1.29 is 9.90 Å². The van der Waals surface area contributed by atoms with E-state index in [-0.39, 0.29) is 6.54 Å². The zero-order valence-electron chi connectivity index (χ0n) is 7.00. The van der Waals surface area contributed by atoms with E-state index in [2.05, 4.69) is 0 Å². The second kappa shape index (κ2) is 3.69. The van der Waals surface area contributed by atoms with Crippen molar-refractivity contribution in [3.05, 3.63) is 0 Å². The summed E-state index contributed by atoms with van der Waals surface area (Å²) in [6.07, 6.45) is -0.227. The van der Waals surface area contributed by atoms with Gasteiger partial charge in [-0.25, -0.2) is 0 Å². The monoisotopic (exact) mass is 160 g/mol. The summed E-state index contributed by atoms with van der Waals surface area (Å²) in [4.78, 5) is 10.8. The third kappa shape index (κ3) is 2.86. The van der Waals surface area contributed by atoms with E-state index in [0.29, 0.717) is 6.42 Å². The Hall–Kier alpha value is -0.610. The Morgan fingerprint density at radius 3 is 2.27 bits per heavy atom. The molecule has 0 fully saturated rings.